The average Bonchev–Trinajstić information content (AvgIpc) is 2.74. The molecule has 2 aromatic carbocycles. The van der Waals surface area contributed by atoms with Crippen molar-refractivity contribution in [1.29, 1.82) is 0 Å². The average molecular weight is 395 g/mol. The highest BCUT2D eigenvalue weighted by Gasteiger charge is 2.22. The minimum Gasteiger partial charge on any atom is -0.484 e. The Morgan fingerprint density at radius 1 is 0.966 bits per heavy atom. The van der Waals surface area contributed by atoms with Crippen LogP contribution in [0.25, 0.3) is 0 Å². The molecule has 0 saturated carbocycles. The first-order valence-corrected chi connectivity index (χ1v) is 10.8. The molecule has 1 heterocycles. The summed E-state index contributed by atoms with van der Waals surface area (Å²) in [7, 11) is 0. The second kappa shape index (κ2) is 10.4. The molecule has 1 saturated heterocycles. The molecule has 0 aromatic heterocycles. The van der Waals surface area contributed by atoms with E-state index in [1.165, 1.54) is 36.0 Å². The summed E-state index contributed by atoms with van der Waals surface area (Å²) in [5, 5.41) is 3.09. The van der Waals surface area contributed by atoms with Gasteiger partial charge < -0.3 is 10.1 Å². The van der Waals surface area contributed by atoms with E-state index in [1.54, 1.807) is 0 Å². The molecule has 156 valence electrons. The summed E-state index contributed by atoms with van der Waals surface area (Å²) < 4.78 is 5.68. The van der Waals surface area contributed by atoms with Crippen LogP contribution in [0.3, 0.4) is 0 Å². The van der Waals surface area contributed by atoms with E-state index in [1.807, 2.05) is 12.1 Å². The number of hydrogen-bond acceptors (Lipinski definition) is 3. The number of nitrogens with one attached hydrogen (secondary N) is 1. The maximum Gasteiger partial charge on any atom is 0.258 e. The molecule has 4 nitrogen and oxygen atoms in total. The largest absolute Gasteiger partial charge is 0.484 e. The first kappa shape index (κ1) is 21.4. The van der Waals surface area contributed by atoms with E-state index >= 15 is 0 Å². The topological polar surface area (TPSA) is 41.6 Å². The Morgan fingerprint density at radius 3 is 2.21 bits per heavy atom. The number of likely N-dealkylation sites (tertiary alicyclic amines) is 1. The van der Waals surface area contributed by atoms with E-state index in [0.717, 1.165) is 18.8 Å². The van der Waals surface area contributed by atoms with Crippen molar-refractivity contribution in [2.24, 2.45) is 0 Å². The van der Waals surface area contributed by atoms with Gasteiger partial charge in [-0.05, 0) is 62.0 Å². The van der Waals surface area contributed by atoms with Gasteiger partial charge in [0.25, 0.3) is 5.91 Å². The van der Waals surface area contributed by atoms with Crippen molar-refractivity contribution in [3.8, 4) is 5.75 Å². The Morgan fingerprint density at radius 2 is 1.59 bits per heavy atom. The van der Waals surface area contributed by atoms with Crippen LogP contribution in [0.4, 0.5) is 0 Å². The quantitative estimate of drug-likeness (QED) is 0.696. The van der Waals surface area contributed by atoms with Crippen LogP contribution in [0.15, 0.2) is 48.5 Å². The molecular weight excluding hydrogens is 360 g/mol. The molecule has 0 aliphatic carbocycles. The second-order valence-corrected chi connectivity index (χ2v) is 8.34. The van der Waals surface area contributed by atoms with Crippen molar-refractivity contribution in [2.45, 2.75) is 52.0 Å². The van der Waals surface area contributed by atoms with Gasteiger partial charge in [0.05, 0.1) is 6.04 Å². The monoisotopic (exact) mass is 394 g/mol. The summed E-state index contributed by atoms with van der Waals surface area (Å²) >= 11 is 0. The molecule has 0 radical (unpaired) electrons. The zero-order valence-electron chi connectivity index (χ0n) is 18.0. The maximum absolute atomic E-state index is 12.4. The van der Waals surface area contributed by atoms with Crippen molar-refractivity contribution in [2.75, 3.05) is 26.2 Å². The van der Waals surface area contributed by atoms with Crippen molar-refractivity contribution >= 4 is 5.91 Å². The molecule has 0 spiro atoms. The fourth-order valence-electron chi connectivity index (χ4n) is 3.84. The second-order valence-electron chi connectivity index (χ2n) is 8.34. The Kier molecular flexibility index (Phi) is 7.70. The van der Waals surface area contributed by atoms with Gasteiger partial charge >= 0.3 is 0 Å². The molecule has 1 aliphatic rings. The lowest BCUT2D eigenvalue weighted by molar-refractivity contribution is -0.123. The third-order valence-corrected chi connectivity index (χ3v) is 5.70. The van der Waals surface area contributed by atoms with Crippen LogP contribution < -0.4 is 10.1 Å². The summed E-state index contributed by atoms with van der Waals surface area (Å²) in [4.78, 5) is 14.9. The SMILES string of the molecule is Cc1ccc([C@@H](CNC(=O)COc2ccc(C(C)C)cc2)N2CCCCC2)cc1. The molecule has 0 bridgehead atoms. The number of amides is 1. The van der Waals surface area contributed by atoms with Crippen LogP contribution in [0.5, 0.6) is 5.75 Å². The van der Waals surface area contributed by atoms with Crippen LogP contribution in [-0.4, -0.2) is 37.0 Å². The van der Waals surface area contributed by atoms with Crippen molar-refractivity contribution < 1.29 is 9.53 Å². The lowest BCUT2D eigenvalue weighted by Crippen LogP contribution is -2.41. The van der Waals surface area contributed by atoms with E-state index in [0.29, 0.717) is 12.5 Å². The molecule has 29 heavy (non-hydrogen) atoms. The molecule has 2 aromatic rings. The molecule has 1 fully saturated rings. The fraction of sp³-hybridized carbons (Fsp3) is 0.480. The van der Waals surface area contributed by atoms with Gasteiger partial charge in [0.2, 0.25) is 0 Å². The van der Waals surface area contributed by atoms with Gasteiger partial charge in [-0.3, -0.25) is 9.69 Å². The number of rotatable bonds is 8. The molecule has 3 rings (SSSR count). The molecule has 1 N–H and O–H groups in total. The summed E-state index contributed by atoms with van der Waals surface area (Å²) in [6.07, 6.45) is 3.75. The van der Waals surface area contributed by atoms with E-state index in [2.05, 4.69) is 67.4 Å². The highest BCUT2D eigenvalue weighted by Crippen LogP contribution is 2.24. The third-order valence-electron chi connectivity index (χ3n) is 5.70. The normalized spacial score (nSPS) is 15.9. The van der Waals surface area contributed by atoms with Crippen molar-refractivity contribution in [3.05, 3.63) is 65.2 Å². The van der Waals surface area contributed by atoms with E-state index in [9.17, 15) is 4.79 Å². The number of carbonyl (C=O) groups excluding carboxylic acids is 1. The Labute approximate surface area is 175 Å². The van der Waals surface area contributed by atoms with Crippen LogP contribution in [-0.2, 0) is 4.79 Å². The third kappa shape index (κ3) is 6.33. The number of ether oxygens (including phenoxy) is 1. The van der Waals surface area contributed by atoms with Crippen LogP contribution >= 0.6 is 0 Å². The Hall–Kier alpha value is -2.33. The minimum absolute atomic E-state index is 0.0433. The summed E-state index contributed by atoms with van der Waals surface area (Å²) in [5.74, 6) is 1.14. The van der Waals surface area contributed by atoms with Gasteiger partial charge in [0, 0.05) is 6.54 Å². The number of nitrogens with zero attached hydrogens (tertiary/aromatic N) is 1. The van der Waals surface area contributed by atoms with Gasteiger partial charge in [-0.1, -0.05) is 62.2 Å². The first-order chi connectivity index (χ1) is 14.0. The molecule has 0 unspecified atom stereocenters. The highest BCUT2D eigenvalue weighted by molar-refractivity contribution is 5.77. The van der Waals surface area contributed by atoms with E-state index in [4.69, 9.17) is 4.74 Å². The zero-order chi connectivity index (χ0) is 20.6. The maximum atomic E-state index is 12.4. The molecule has 1 amide bonds. The molecule has 4 heteroatoms. The van der Waals surface area contributed by atoms with E-state index < -0.39 is 0 Å². The van der Waals surface area contributed by atoms with Gasteiger partial charge in [0.1, 0.15) is 5.75 Å². The van der Waals surface area contributed by atoms with Crippen LogP contribution in [0, 0.1) is 6.92 Å². The minimum atomic E-state index is -0.0768. The number of carbonyl (C=O) groups is 1. The summed E-state index contributed by atoms with van der Waals surface area (Å²) in [6, 6.07) is 16.9. The Bertz CT molecular complexity index is 762. The smallest absolute Gasteiger partial charge is 0.258 e. The molecule has 1 atom stereocenters. The lowest BCUT2D eigenvalue weighted by Gasteiger charge is -2.35. The van der Waals surface area contributed by atoms with Crippen molar-refractivity contribution in [1.82, 2.24) is 10.2 Å². The zero-order valence-corrected chi connectivity index (χ0v) is 18.0. The first-order valence-electron chi connectivity index (χ1n) is 10.8. The fourth-order valence-corrected chi connectivity index (χ4v) is 3.84. The number of hydrogen-bond donors (Lipinski definition) is 1. The molecular formula is C25H34N2O2. The Balaban J connectivity index is 1.55. The number of aryl methyl sites for hydroxylation is 1. The van der Waals surface area contributed by atoms with Crippen LogP contribution in [0.2, 0.25) is 0 Å². The predicted octanol–water partition coefficient (Wildman–Crippen LogP) is 4.84. The lowest BCUT2D eigenvalue weighted by atomic mass is 10.0. The van der Waals surface area contributed by atoms with E-state index in [-0.39, 0.29) is 18.6 Å². The van der Waals surface area contributed by atoms with Gasteiger partial charge in [-0.2, -0.15) is 0 Å². The van der Waals surface area contributed by atoms with Gasteiger partial charge in [0.15, 0.2) is 6.61 Å². The van der Waals surface area contributed by atoms with Crippen LogP contribution in [0.1, 0.15) is 61.8 Å². The summed E-state index contributed by atoms with van der Waals surface area (Å²) in [6.45, 7) is 9.26. The number of benzene rings is 2. The summed E-state index contributed by atoms with van der Waals surface area (Å²) in [5.41, 5.74) is 3.79. The molecule has 1 aliphatic heterocycles. The van der Waals surface area contributed by atoms with Gasteiger partial charge in [-0.25, -0.2) is 0 Å². The predicted molar refractivity (Wildman–Crippen MR) is 118 cm³/mol. The highest BCUT2D eigenvalue weighted by atomic mass is 16.5. The van der Waals surface area contributed by atoms with Crippen molar-refractivity contribution in [3.63, 3.8) is 0 Å². The number of piperidine rings is 1. The standard InChI is InChI=1S/C25H34N2O2/c1-19(2)21-11-13-23(14-12-21)29-18-25(28)26-17-24(27-15-5-4-6-16-27)22-9-7-20(3)8-10-22/h7-14,19,24H,4-6,15-18H2,1-3H3,(H,26,28)/t24-/m1/s1. The van der Waals surface area contributed by atoms with Gasteiger partial charge in [-0.15, -0.1) is 0 Å².